The van der Waals surface area contributed by atoms with Gasteiger partial charge in [-0.1, -0.05) is 30.3 Å². The Morgan fingerprint density at radius 2 is 1.96 bits per heavy atom. The predicted molar refractivity (Wildman–Crippen MR) is 77.5 cm³/mol. The SMILES string of the molecule is CC(O)(CC(=O)Nc1cnn(CC(F)(F)F)c1)c1ccccc1. The first-order valence-corrected chi connectivity index (χ1v) is 6.83. The summed E-state index contributed by atoms with van der Waals surface area (Å²) >= 11 is 0. The van der Waals surface area contributed by atoms with Gasteiger partial charge in [-0.2, -0.15) is 18.3 Å². The minimum Gasteiger partial charge on any atom is -0.385 e. The highest BCUT2D eigenvalue weighted by Gasteiger charge is 2.29. The molecule has 1 heterocycles. The van der Waals surface area contributed by atoms with Crippen LogP contribution in [0.4, 0.5) is 18.9 Å². The predicted octanol–water partition coefficient (Wildman–Crippen LogP) is 2.68. The third kappa shape index (κ3) is 5.10. The molecular formula is C15H16F3N3O2. The van der Waals surface area contributed by atoms with Crippen LogP contribution in [0.1, 0.15) is 18.9 Å². The van der Waals surface area contributed by atoms with Crippen LogP contribution in [0.25, 0.3) is 0 Å². The van der Waals surface area contributed by atoms with Crippen LogP contribution in [0, 0.1) is 0 Å². The van der Waals surface area contributed by atoms with Gasteiger partial charge in [-0.25, -0.2) is 0 Å². The average molecular weight is 327 g/mol. The molecule has 2 N–H and O–H groups in total. The zero-order chi connectivity index (χ0) is 17.1. The molecule has 0 fully saturated rings. The molecule has 0 saturated carbocycles. The maximum atomic E-state index is 12.2. The minimum absolute atomic E-state index is 0.142. The Morgan fingerprint density at radius 3 is 2.57 bits per heavy atom. The fourth-order valence-electron chi connectivity index (χ4n) is 2.12. The molecule has 1 atom stereocenters. The molecule has 2 rings (SSSR count). The van der Waals surface area contributed by atoms with Crippen LogP contribution >= 0.6 is 0 Å². The maximum absolute atomic E-state index is 12.2. The number of halogens is 3. The van der Waals surface area contributed by atoms with Gasteiger partial charge in [-0.05, 0) is 12.5 Å². The van der Waals surface area contributed by atoms with Gasteiger partial charge in [0, 0.05) is 6.20 Å². The van der Waals surface area contributed by atoms with E-state index in [1.165, 1.54) is 6.92 Å². The number of aromatic nitrogens is 2. The Balaban J connectivity index is 1.97. The van der Waals surface area contributed by atoms with E-state index in [2.05, 4.69) is 10.4 Å². The van der Waals surface area contributed by atoms with Crippen molar-refractivity contribution in [1.29, 1.82) is 0 Å². The van der Waals surface area contributed by atoms with Crippen LogP contribution in [-0.4, -0.2) is 27.0 Å². The van der Waals surface area contributed by atoms with Crippen molar-refractivity contribution in [3.05, 3.63) is 48.3 Å². The zero-order valence-electron chi connectivity index (χ0n) is 12.3. The fraction of sp³-hybridized carbons (Fsp3) is 0.333. The highest BCUT2D eigenvalue weighted by Crippen LogP contribution is 2.25. The number of carbonyl (C=O) groups excluding carboxylic acids is 1. The topological polar surface area (TPSA) is 67.2 Å². The Bertz CT molecular complexity index is 666. The first-order chi connectivity index (χ1) is 10.7. The van der Waals surface area contributed by atoms with Gasteiger partial charge in [0.1, 0.15) is 6.54 Å². The molecule has 1 aromatic carbocycles. The molecule has 0 radical (unpaired) electrons. The monoisotopic (exact) mass is 327 g/mol. The molecule has 0 bridgehead atoms. The molecule has 1 aromatic heterocycles. The summed E-state index contributed by atoms with van der Waals surface area (Å²) in [6, 6.07) is 8.64. The molecule has 0 aliphatic carbocycles. The molecule has 124 valence electrons. The molecule has 1 amide bonds. The lowest BCUT2D eigenvalue weighted by Crippen LogP contribution is -2.28. The molecule has 0 spiro atoms. The molecule has 23 heavy (non-hydrogen) atoms. The van der Waals surface area contributed by atoms with E-state index in [-0.39, 0.29) is 12.1 Å². The van der Waals surface area contributed by atoms with E-state index in [1.807, 2.05) is 0 Å². The Labute approximate surface area is 130 Å². The summed E-state index contributed by atoms with van der Waals surface area (Å²) in [5.41, 5.74) is -0.668. The number of nitrogens with zero attached hydrogens (tertiary/aromatic N) is 2. The van der Waals surface area contributed by atoms with Crippen molar-refractivity contribution in [3.63, 3.8) is 0 Å². The summed E-state index contributed by atoms with van der Waals surface area (Å²) in [7, 11) is 0. The Hall–Kier alpha value is -2.35. The second-order valence-electron chi connectivity index (χ2n) is 5.41. The Morgan fingerprint density at radius 1 is 1.30 bits per heavy atom. The van der Waals surface area contributed by atoms with E-state index in [0.29, 0.717) is 10.2 Å². The summed E-state index contributed by atoms with van der Waals surface area (Å²) in [6.07, 6.45) is -2.41. The minimum atomic E-state index is -4.38. The molecule has 0 aliphatic rings. The van der Waals surface area contributed by atoms with Gasteiger partial charge >= 0.3 is 6.18 Å². The van der Waals surface area contributed by atoms with Crippen LogP contribution in [-0.2, 0) is 16.9 Å². The number of carbonyl (C=O) groups is 1. The van der Waals surface area contributed by atoms with Crippen molar-refractivity contribution in [2.24, 2.45) is 0 Å². The van der Waals surface area contributed by atoms with Gasteiger partial charge < -0.3 is 10.4 Å². The van der Waals surface area contributed by atoms with Crippen LogP contribution in [0.5, 0.6) is 0 Å². The molecule has 0 aliphatic heterocycles. The first-order valence-electron chi connectivity index (χ1n) is 6.83. The smallest absolute Gasteiger partial charge is 0.385 e. The summed E-state index contributed by atoms with van der Waals surface area (Å²) < 4.78 is 37.4. The molecular weight excluding hydrogens is 311 g/mol. The van der Waals surface area contributed by atoms with E-state index in [9.17, 15) is 23.1 Å². The van der Waals surface area contributed by atoms with Gasteiger partial charge in [0.2, 0.25) is 5.91 Å². The first kappa shape index (κ1) is 17.0. The zero-order valence-corrected chi connectivity index (χ0v) is 12.3. The molecule has 0 saturated heterocycles. The van der Waals surface area contributed by atoms with E-state index < -0.39 is 24.2 Å². The molecule has 1 unspecified atom stereocenters. The van der Waals surface area contributed by atoms with Gasteiger partial charge in [-0.3, -0.25) is 9.48 Å². The lowest BCUT2D eigenvalue weighted by Gasteiger charge is -2.23. The number of rotatable bonds is 5. The van der Waals surface area contributed by atoms with Crippen molar-refractivity contribution < 1.29 is 23.1 Å². The van der Waals surface area contributed by atoms with Crippen LogP contribution < -0.4 is 5.32 Å². The van der Waals surface area contributed by atoms with E-state index in [0.717, 1.165) is 12.4 Å². The highest BCUT2D eigenvalue weighted by atomic mass is 19.4. The summed E-state index contributed by atoms with van der Waals surface area (Å²) in [4.78, 5) is 12.0. The van der Waals surface area contributed by atoms with Crippen molar-refractivity contribution in [2.45, 2.75) is 31.7 Å². The average Bonchev–Trinajstić information content (AvgIpc) is 2.83. The van der Waals surface area contributed by atoms with Crippen molar-refractivity contribution >= 4 is 11.6 Å². The molecule has 2 aromatic rings. The number of nitrogens with one attached hydrogen (secondary N) is 1. The van der Waals surface area contributed by atoms with Gasteiger partial charge in [0.15, 0.2) is 0 Å². The number of anilines is 1. The quantitative estimate of drug-likeness (QED) is 0.887. The van der Waals surface area contributed by atoms with Crippen molar-refractivity contribution in [1.82, 2.24) is 9.78 Å². The second kappa shape index (κ2) is 6.41. The number of hydrogen-bond donors (Lipinski definition) is 2. The van der Waals surface area contributed by atoms with Gasteiger partial charge in [-0.15, -0.1) is 0 Å². The highest BCUT2D eigenvalue weighted by molar-refractivity contribution is 5.91. The third-order valence-corrected chi connectivity index (χ3v) is 3.16. The summed E-state index contributed by atoms with van der Waals surface area (Å²) in [5, 5.41) is 16.3. The summed E-state index contributed by atoms with van der Waals surface area (Å²) in [6.45, 7) is 0.263. The number of alkyl halides is 3. The van der Waals surface area contributed by atoms with Crippen LogP contribution in [0.3, 0.4) is 0 Å². The van der Waals surface area contributed by atoms with E-state index in [1.54, 1.807) is 30.3 Å². The van der Waals surface area contributed by atoms with E-state index >= 15 is 0 Å². The third-order valence-electron chi connectivity index (χ3n) is 3.16. The number of amides is 1. The number of aliphatic hydroxyl groups is 1. The largest absolute Gasteiger partial charge is 0.408 e. The lowest BCUT2D eigenvalue weighted by atomic mass is 9.92. The standard InChI is InChI=1S/C15H16F3N3O2/c1-14(23,11-5-3-2-4-6-11)7-13(22)20-12-8-19-21(9-12)10-15(16,17)18/h2-6,8-9,23H,7,10H2,1H3,(H,20,22). The normalized spacial score (nSPS) is 14.3. The fourth-order valence-corrected chi connectivity index (χ4v) is 2.12. The maximum Gasteiger partial charge on any atom is 0.408 e. The number of hydrogen-bond acceptors (Lipinski definition) is 3. The van der Waals surface area contributed by atoms with Gasteiger partial charge in [0.05, 0.1) is 23.9 Å². The van der Waals surface area contributed by atoms with Crippen LogP contribution in [0.2, 0.25) is 0 Å². The Kier molecular flexibility index (Phi) is 4.74. The molecule has 8 heteroatoms. The second-order valence-corrected chi connectivity index (χ2v) is 5.41. The van der Waals surface area contributed by atoms with Crippen molar-refractivity contribution in [2.75, 3.05) is 5.32 Å². The molecule has 5 nitrogen and oxygen atoms in total. The number of benzene rings is 1. The lowest BCUT2D eigenvalue weighted by molar-refractivity contribution is -0.142. The van der Waals surface area contributed by atoms with Crippen molar-refractivity contribution in [3.8, 4) is 0 Å². The van der Waals surface area contributed by atoms with Gasteiger partial charge in [0.25, 0.3) is 0 Å². The van der Waals surface area contributed by atoms with E-state index in [4.69, 9.17) is 0 Å². The summed E-state index contributed by atoms with van der Waals surface area (Å²) in [5.74, 6) is -0.523. The van der Waals surface area contributed by atoms with Crippen LogP contribution in [0.15, 0.2) is 42.7 Å².